The average molecular weight is 246 g/mol. The van der Waals surface area contributed by atoms with Crippen molar-refractivity contribution in [1.82, 2.24) is 0 Å². The monoisotopic (exact) mass is 245 g/mol. The van der Waals surface area contributed by atoms with Gasteiger partial charge in [0.1, 0.15) is 0 Å². The van der Waals surface area contributed by atoms with Crippen LogP contribution < -0.4 is 5.73 Å². The summed E-state index contributed by atoms with van der Waals surface area (Å²) >= 11 is 6.12. The molecule has 0 fully saturated rings. The van der Waals surface area contributed by atoms with E-state index in [2.05, 4.69) is 19.9 Å². The van der Waals surface area contributed by atoms with E-state index >= 15 is 0 Å². The lowest BCUT2D eigenvalue weighted by molar-refractivity contribution is 1.37. The van der Waals surface area contributed by atoms with E-state index in [4.69, 9.17) is 17.3 Å². The molecule has 0 bridgehead atoms. The summed E-state index contributed by atoms with van der Waals surface area (Å²) < 4.78 is 0. The molecular weight excluding hydrogens is 230 g/mol. The molecule has 2 rings (SSSR count). The van der Waals surface area contributed by atoms with Crippen molar-refractivity contribution in [3.8, 4) is 11.1 Å². The van der Waals surface area contributed by atoms with Crippen LogP contribution in [0, 0.1) is 20.8 Å². The highest BCUT2D eigenvalue weighted by Gasteiger charge is 2.08. The van der Waals surface area contributed by atoms with E-state index in [-0.39, 0.29) is 0 Å². The number of benzene rings is 2. The van der Waals surface area contributed by atoms with E-state index in [1.54, 1.807) is 0 Å². The molecule has 88 valence electrons. The predicted molar refractivity (Wildman–Crippen MR) is 75.5 cm³/mol. The first-order valence-electron chi connectivity index (χ1n) is 5.62. The van der Waals surface area contributed by atoms with Crippen LogP contribution in [0.3, 0.4) is 0 Å². The predicted octanol–water partition coefficient (Wildman–Crippen LogP) is 4.51. The van der Waals surface area contributed by atoms with Gasteiger partial charge < -0.3 is 5.73 Å². The fourth-order valence-electron chi connectivity index (χ4n) is 2.00. The van der Waals surface area contributed by atoms with Gasteiger partial charge in [-0.05, 0) is 72.9 Å². The smallest absolute Gasteiger partial charge is 0.0438 e. The molecule has 0 radical (unpaired) electrons. The molecule has 17 heavy (non-hydrogen) atoms. The highest BCUT2D eigenvalue weighted by molar-refractivity contribution is 6.31. The quantitative estimate of drug-likeness (QED) is 0.735. The zero-order chi connectivity index (χ0) is 12.6. The number of hydrogen-bond donors (Lipinski definition) is 1. The Labute approximate surface area is 107 Å². The molecule has 0 saturated heterocycles. The van der Waals surface area contributed by atoms with E-state index in [1.165, 1.54) is 22.3 Å². The van der Waals surface area contributed by atoms with Crippen molar-refractivity contribution in [2.45, 2.75) is 20.8 Å². The van der Waals surface area contributed by atoms with Crippen molar-refractivity contribution in [2.24, 2.45) is 0 Å². The van der Waals surface area contributed by atoms with Crippen molar-refractivity contribution in [1.29, 1.82) is 0 Å². The molecule has 0 aliphatic heterocycles. The Hall–Kier alpha value is -1.47. The maximum Gasteiger partial charge on any atom is 0.0438 e. The van der Waals surface area contributed by atoms with Crippen LogP contribution in [0.5, 0.6) is 0 Å². The van der Waals surface area contributed by atoms with E-state index in [0.29, 0.717) is 0 Å². The van der Waals surface area contributed by atoms with Crippen LogP contribution in [-0.4, -0.2) is 0 Å². The molecule has 2 N–H and O–H groups in total. The summed E-state index contributed by atoms with van der Waals surface area (Å²) in [5, 5.41) is 0.813. The molecule has 0 aliphatic carbocycles. The van der Waals surface area contributed by atoms with Gasteiger partial charge in [-0.3, -0.25) is 0 Å². The number of anilines is 1. The van der Waals surface area contributed by atoms with Crippen molar-refractivity contribution in [3.63, 3.8) is 0 Å². The van der Waals surface area contributed by atoms with Crippen LogP contribution in [0.25, 0.3) is 11.1 Å². The minimum Gasteiger partial charge on any atom is -0.399 e. The van der Waals surface area contributed by atoms with Gasteiger partial charge in [-0.1, -0.05) is 17.7 Å². The van der Waals surface area contributed by atoms with E-state index < -0.39 is 0 Å². The minimum absolute atomic E-state index is 0.789. The maximum atomic E-state index is 6.12. The standard InChI is InChI=1S/C15H16ClN/c1-9-4-5-12(17)8-14(9)13-6-11(3)15(16)7-10(13)2/h4-8H,17H2,1-3H3. The summed E-state index contributed by atoms with van der Waals surface area (Å²) in [6, 6.07) is 10.1. The lowest BCUT2D eigenvalue weighted by Crippen LogP contribution is -1.92. The van der Waals surface area contributed by atoms with Crippen LogP contribution >= 0.6 is 11.6 Å². The third-order valence-electron chi connectivity index (χ3n) is 3.06. The molecule has 0 spiro atoms. The Kier molecular flexibility index (Phi) is 3.12. The number of rotatable bonds is 1. The Morgan fingerprint density at radius 1 is 0.824 bits per heavy atom. The summed E-state index contributed by atoms with van der Waals surface area (Å²) in [4.78, 5) is 0. The molecule has 1 nitrogen and oxygen atoms in total. The Morgan fingerprint density at radius 3 is 2.18 bits per heavy atom. The van der Waals surface area contributed by atoms with Crippen molar-refractivity contribution < 1.29 is 0 Å². The number of nitrogen functional groups attached to an aromatic ring is 1. The molecule has 0 atom stereocenters. The zero-order valence-electron chi connectivity index (χ0n) is 10.3. The van der Waals surface area contributed by atoms with Gasteiger partial charge in [0.25, 0.3) is 0 Å². The molecule has 0 unspecified atom stereocenters. The van der Waals surface area contributed by atoms with Gasteiger partial charge in [0.2, 0.25) is 0 Å². The number of aryl methyl sites for hydroxylation is 3. The SMILES string of the molecule is Cc1cc(-c2cc(N)ccc2C)c(C)cc1Cl. The van der Waals surface area contributed by atoms with Crippen LogP contribution in [-0.2, 0) is 0 Å². The van der Waals surface area contributed by atoms with Gasteiger partial charge in [0, 0.05) is 10.7 Å². The van der Waals surface area contributed by atoms with Gasteiger partial charge in [-0.25, -0.2) is 0 Å². The fraction of sp³-hybridized carbons (Fsp3) is 0.200. The second-order valence-electron chi connectivity index (χ2n) is 4.49. The van der Waals surface area contributed by atoms with Crippen molar-refractivity contribution >= 4 is 17.3 Å². The summed E-state index contributed by atoms with van der Waals surface area (Å²) in [7, 11) is 0. The number of halogens is 1. The molecule has 0 aromatic heterocycles. The first-order valence-corrected chi connectivity index (χ1v) is 6.00. The van der Waals surface area contributed by atoms with Crippen LogP contribution in [0.15, 0.2) is 30.3 Å². The molecule has 2 aromatic carbocycles. The lowest BCUT2D eigenvalue weighted by atomic mass is 9.94. The minimum atomic E-state index is 0.789. The first kappa shape index (κ1) is 12.0. The van der Waals surface area contributed by atoms with Gasteiger partial charge in [0.15, 0.2) is 0 Å². The van der Waals surface area contributed by atoms with Gasteiger partial charge in [0.05, 0.1) is 0 Å². The van der Waals surface area contributed by atoms with Gasteiger partial charge >= 0.3 is 0 Å². The third kappa shape index (κ3) is 2.29. The highest BCUT2D eigenvalue weighted by Crippen LogP contribution is 2.31. The Morgan fingerprint density at radius 2 is 1.47 bits per heavy atom. The van der Waals surface area contributed by atoms with Crippen LogP contribution in [0.1, 0.15) is 16.7 Å². The normalized spacial score (nSPS) is 10.6. The number of nitrogens with two attached hydrogens (primary N) is 1. The summed E-state index contributed by atoms with van der Waals surface area (Å²) in [5.41, 5.74) is 12.5. The summed E-state index contributed by atoms with van der Waals surface area (Å²) in [5.74, 6) is 0. The summed E-state index contributed by atoms with van der Waals surface area (Å²) in [6.07, 6.45) is 0. The molecule has 2 aromatic rings. The second-order valence-corrected chi connectivity index (χ2v) is 4.90. The van der Waals surface area contributed by atoms with E-state index in [0.717, 1.165) is 16.3 Å². The molecule has 2 heteroatoms. The maximum absolute atomic E-state index is 6.12. The van der Waals surface area contributed by atoms with Crippen molar-refractivity contribution in [3.05, 3.63) is 52.0 Å². The van der Waals surface area contributed by atoms with Gasteiger partial charge in [-0.2, -0.15) is 0 Å². The Balaban J connectivity index is 2.68. The first-order chi connectivity index (χ1) is 7.99. The largest absolute Gasteiger partial charge is 0.399 e. The second kappa shape index (κ2) is 4.42. The molecule has 0 heterocycles. The van der Waals surface area contributed by atoms with Crippen molar-refractivity contribution in [2.75, 3.05) is 5.73 Å². The Bertz CT molecular complexity index is 573. The molecule has 0 saturated carbocycles. The van der Waals surface area contributed by atoms with Crippen LogP contribution in [0.4, 0.5) is 5.69 Å². The fourth-order valence-corrected chi connectivity index (χ4v) is 2.22. The average Bonchev–Trinajstić information content (AvgIpc) is 2.27. The van der Waals surface area contributed by atoms with Gasteiger partial charge in [-0.15, -0.1) is 0 Å². The molecule has 0 aliphatic rings. The number of hydrogen-bond acceptors (Lipinski definition) is 1. The molecule has 0 amide bonds. The van der Waals surface area contributed by atoms with E-state index in [1.807, 2.05) is 31.2 Å². The van der Waals surface area contributed by atoms with E-state index in [9.17, 15) is 0 Å². The highest BCUT2D eigenvalue weighted by atomic mass is 35.5. The topological polar surface area (TPSA) is 26.0 Å². The lowest BCUT2D eigenvalue weighted by Gasteiger charge is -2.12. The molecular formula is C15H16ClN. The zero-order valence-corrected chi connectivity index (χ0v) is 11.1. The third-order valence-corrected chi connectivity index (χ3v) is 3.46. The summed E-state index contributed by atoms with van der Waals surface area (Å²) in [6.45, 7) is 6.19. The van der Waals surface area contributed by atoms with Crippen LogP contribution in [0.2, 0.25) is 5.02 Å².